The topological polar surface area (TPSA) is 50.4 Å². The van der Waals surface area contributed by atoms with Gasteiger partial charge in [0.2, 0.25) is 0 Å². The van der Waals surface area contributed by atoms with Crippen molar-refractivity contribution in [2.75, 3.05) is 6.54 Å². The number of carbonyl (C=O) groups excluding carboxylic acids is 1. The molecule has 0 aromatic heterocycles. The molecule has 1 heterocycles. The zero-order chi connectivity index (χ0) is 12.5. The molecule has 17 heavy (non-hydrogen) atoms. The summed E-state index contributed by atoms with van der Waals surface area (Å²) in [6, 6.07) is 0. The Morgan fingerprint density at radius 3 is 2.71 bits per heavy atom. The second kappa shape index (κ2) is 4.84. The monoisotopic (exact) mass is 240 g/mol. The maximum Gasteiger partial charge on any atom is 0.408 e. The van der Waals surface area contributed by atoms with Crippen molar-refractivity contribution >= 4 is 6.09 Å². The average molecular weight is 240 g/mol. The van der Waals surface area contributed by atoms with Crippen LogP contribution in [0.2, 0.25) is 0 Å². The zero-order valence-electron chi connectivity index (χ0n) is 11.1. The quantitative estimate of drug-likeness (QED) is 0.739. The Morgan fingerprint density at radius 2 is 2.00 bits per heavy atom. The van der Waals surface area contributed by atoms with Crippen LogP contribution >= 0.6 is 0 Å². The largest absolute Gasteiger partial charge is 0.444 e. The van der Waals surface area contributed by atoms with Crippen LogP contribution in [-0.2, 0) is 4.74 Å². The van der Waals surface area contributed by atoms with E-state index in [0.717, 1.165) is 12.5 Å². The number of ether oxygens (including phenoxy) is 1. The Kier molecular flexibility index (Phi) is 3.61. The van der Waals surface area contributed by atoms with Gasteiger partial charge in [0.1, 0.15) is 5.60 Å². The van der Waals surface area contributed by atoms with Gasteiger partial charge in [-0.3, -0.25) is 5.32 Å². The third-order valence-electron chi connectivity index (χ3n) is 3.67. The molecule has 0 aromatic rings. The van der Waals surface area contributed by atoms with Crippen molar-refractivity contribution in [2.24, 2.45) is 11.8 Å². The predicted octanol–water partition coefficient (Wildman–Crippen LogP) is 2.25. The lowest BCUT2D eigenvalue weighted by Crippen LogP contribution is -2.47. The zero-order valence-corrected chi connectivity index (χ0v) is 11.1. The highest BCUT2D eigenvalue weighted by Crippen LogP contribution is 2.35. The van der Waals surface area contributed by atoms with E-state index in [2.05, 4.69) is 10.6 Å². The van der Waals surface area contributed by atoms with Crippen molar-refractivity contribution in [3.05, 3.63) is 0 Å². The molecule has 0 spiro atoms. The normalized spacial score (nSPS) is 33.0. The minimum absolute atomic E-state index is 0.107. The molecule has 0 aromatic carbocycles. The molecule has 98 valence electrons. The molecule has 2 unspecified atom stereocenters. The van der Waals surface area contributed by atoms with Crippen LogP contribution in [0.3, 0.4) is 0 Å². The molecule has 1 saturated carbocycles. The van der Waals surface area contributed by atoms with E-state index in [-0.39, 0.29) is 12.3 Å². The fourth-order valence-electron chi connectivity index (χ4n) is 2.95. The van der Waals surface area contributed by atoms with Crippen LogP contribution in [0.1, 0.15) is 46.5 Å². The molecule has 1 saturated heterocycles. The second-order valence-corrected chi connectivity index (χ2v) is 6.24. The summed E-state index contributed by atoms with van der Waals surface area (Å²) in [5.41, 5.74) is -0.422. The van der Waals surface area contributed by atoms with Gasteiger partial charge in [0.05, 0.1) is 6.17 Å². The first-order valence-corrected chi connectivity index (χ1v) is 6.68. The maximum absolute atomic E-state index is 11.7. The molecule has 1 amide bonds. The van der Waals surface area contributed by atoms with Gasteiger partial charge in [-0.2, -0.15) is 0 Å². The van der Waals surface area contributed by atoms with Crippen LogP contribution in [0.15, 0.2) is 0 Å². The number of carbonyl (C=O) groups is 1. The lowest BCUT2D eigenvalue weighted by Gasteiger charge is -2.29. The number of amides is 1. The van der Waals surface area contributed by atoms with Crippen molar-refractivity contribution in [3.63, 3.8) is 0 Å². The summed E-state index contributed by atoms with van der Waals surface area (Å²) >= 11 is 0. The third-order valence-corrected chi connectivity index (χ3v) is 3.67. The Morgan fingerprint density at radius 1 is 1.29 bits per heavy atom. The highest BCUT2D eigenvalue weighted by molar-refractivity contribution is 5.68. The summed E-state index contributed by atoms with van der Waals surface area (Å²) in [6.07, 6.45) is 4.94. The van der Waals surface area contributed by atoms with E-state index in [4.69, 9.17) is 4.74 Å². The first kappa shape index (κ1) is 12.7. The van der Waals surface area contributed by atoms with Crippen molar-refractivity contribution < 1.29 is 9.53 Å². The minimum atomic E-state index is -0.422. The number of fused-ring (bicyclic) bond motifs is 1. The van der Waals surface area contributed by atoms with Gasteiger partial charge >= 0.3 is 6.09 Å². The first-order valence-electron chi connectivity index (χ1n) is 6.68. The second-order valence-electron chi connectivity index (χ2n) is 6.24. The molecule has 1 aliphatic carbocycles. The van der Waals surface area contributed by atoms with E-state index < -0.39 is 5.60 Å². The Labute approximate surface area is 103 Å². The molecule has 2 rings (SSSR count). The van der Waals surface area contributed by atoms with Crippen molar-refractivity contribution in [1.29, 1.82) is 0 Å². The summed E-state index contributed by atoms with van der Waals surface area (Å²) in [5, 5.41) is 6.37. The highest BCUT2D eigenvalue weighted by Gasteiger charge is 2.38. The van der Waals surface area contributed by atoms with Gasteiger partial charge in [0.15, 0.2) is 0 Å². The van der Waals surface area contributed by atoms with Crippen molar-refractivity contribution in [1.82, 2.24) is 10.6 Å². The van der Waals surface area contributed by atoms with Crippen molar-refractivity contribution in [3.8, 4) is 0 Å². The van der Waals surface area contributed by atoms with Crippen LogP contribution in [-0.4, -0.2) is 24.4 Å². The van der Waals surface area contributed by atoms with Crippen LogP contribution in [0, 0.1) is 11.8 Å². The summed E-state index contributed by atoms with van der Waals surface area (Å²) in [5.74, 6) is 1.33. The predicted molar refractivity (Wildman–Crippen MR) is 66.6 cm³/mol. The van der Waals surface area contributed by atoms with Gasteiger partial charge < -0.3 is 10.1 Å². The van der Waals surface area contributed by atoms with Crippen LogP contribution in [0.4, 0.5) is 4.79 Å². The van der Waals surface area contributed by atoms with E-state index in [1.54, 1.807) is 0 Å². The molecule has 2 aliphatic rings. The SMILES string of the molecule is CC(C)(C)OC(=O)N[C@@H]1NCC2CCCCC21. The summed E-state index contributed by atoms with van der Waals surface area (Å²) in [4.78, 5) is 11.7. The molecule has 4 nitrogen and oxygen atoms in total. The van der Waals surface area contributed by atoms with Gasteiger partial charge in [0.25, 0.3) is 0 Å². The molecule has 2 fully saturated rings. The van der Waals surface area contributed by atoms with E-state index in [1.807, 2.05) is 20.8 Å². The van der Waals surface area contributed by atoms with E-state index in [9.17, 15) is 4.79 Å². The summed E-state index contributed by atoms with van der Waals surface area (Å²) in [6.45, 7) is 6.69. The number of nitrogens with one attached hydrogen (secondary N) is 2. The highest BCUT2D eigenvalue weighted by atomic mass is 16.6. The molecular weight excluding hydrogens is 216 g/mol. The molecular formula is C13H24N2O2. The average Bonchev–Trinajstić information content (AvgIpc) is 2.59. The fourth-order valence-corrected chi connectivity index (χ4v) is 2.95. The minimum Gasteiger partial charge on any atom is -0.444 e. The first-order chi connectivity index (χ1) is 7.96. The number of alkyl carbamates (subject to hydrolysis) is 1. The van der Waals surface area contributed by atoms with Crippen LogP contribution in [0.5, 0.6) is 0 Å². The van der Waals surface area contributed by atoms with Gasteiger partial charge in [-0.1, -0.05) is 12.8 Å². The number of hydrogen-bond acceptors (Lipinski definition) is 3. The maximum atomic E-state index is 11.7. The molecule has 2 N–H and O–H groups in total. The van der Waals surface area contributed by atoms with Gasteiger partial charge in [-0.25, -0.2) is 4.79 Å². The van der Waals surface area contributed by atoms with Gasteiger partial charge in [-0.05, 0) is 45.4 Å². The standard InChI is InChI=1S/C13H24N2O2/c1-13(2,3)17-12(16)15-11-10-7-5-4-6-9(10)8-14-11/h9-11,14H,4-8H2,1-3H3,(H,15,16)/t9?,10?,11-/m0/s1. The van der Waals surface area contributed by atoms with Crippen LogP contribution < -0.4 is 10.6 Å². The van der Waals surface area contributed by atoms with Crippen LogP contribution in [0.25, 0.3) is 0 Å². The lowest BCUT2D eigenvalue weighted by atomic mass is 9.80. The van der Waals surface area contributed by atoms with Crippen molar-refractivity contribution in [2.45, 2.75) is 58.2 Å². The molecule has 0 radical (unpaired) electrons. The van der Waals surface area contributed by atoms with Gasteiger partial charge in [0, 0.05) is 6.54 Å². The molecule has 3 atom stereocenters. The Balaban J connectivity index is 1.85. The lowest BCUT2D eigenvalue weighted by molar-refractivity contribution is 0.0476. The fraction of sp³-hybridized carbons (Fsp3) is 0.923. The summed E-state index contributed by atoms with van der Waals surface area (Å²) in [7, 11) is 0. The van der Waals surface area contributed by atoms with E-state index in [0.29, 0.717) is 5.92 Å². The Bertz CT molecular complexity index is 286. The smallest absolute Gasteiger partial charge is 0.408 e. The number of rotatable bonds is 1. The molecule has 4 heteroatoms. The Hall–Kier alpha value is -0.770. The molecule has 1 aliphatic heterocycles. The number of hydrogen-bond donors (Lipinski definition) is 2. The molecule has 0 bridgehead atoms. The van der Waals surface area contributed by atoms with Gasteiger partial charge in [-0.15, -0.1) is 0 Å². The van der Waals surface area contributed by atoms with E-state index in [1.165, 1.54) is 25.7 Å². The third kappa shape index (κ3) is 3.35. The van der Waals surface area contributed by atoms with E-state index >= 15 is 0 Å². The summed E-state index contributed by atoms with van der Waals surface area (Å²) < 4.78 is 5.29.